The maximum Gasteiger partial charge on any atom is 0.275 e. The van der Waals surface area contributed by atoms with Crippen LogP contribution in [-0.2, 0) is 5.54 Å². The first-order valence-corrected chi connectivity index (χ1v) is 9.70. The third kappa shape index (κ3) is 4.56. The van der Waals surface area contributed by atoms with E-state index < -0.39 is 17.3 Å². The number of rotatable bonds is 4. The third-order valence-electron chi connectivity index (χ3n) is 4.52. The Bertz CT molecular complexity index is 1000. The number of halogens is 1. The first-order valence-electron chi connectivity index (χ1n) is 8.89. The number of hydrogen-bond donors (Lipinski definition) is 2. The van der Waals surface area contributed by atoms with Crippen LogP contribution in [0.15, 0.2) is 46.1 Å². The van der Waals surface area contributed by atoms with Crippen molar-refractivity contribution in [1.29, 1.82) is 0 Å². The summed E-state index contributed by atoms with van der Waals surface area (Å²) in [7, 11) is 1.46. The molecule has 0 spiro atoms. The van der Waals surface area contributed by atoms with Crippen LogP contribution in [0.2, 0.25) is 0 Å². The monoisotopic (exact) mass is 415 g/mol. The van der Waals surface area contributed by atoms with E-state index in [1.807, 2.05) is 20.8 Å². The Labute approximate surface area is 172 Å². The van der Waals surface area contributed by atoms with Gasteiger partial charge in [0, 0.05) is 17.7 Å². The zero-order valence-electron chi connectivity index (χ0n) is 16.6. The van der Waals surface area contributed by atoms with Crippen molar-refractivity contribution in [1.82, 2.24) is 9.97 Å². The Kier molecular flexibility index (Phi) is 5.88. The Morgan fingerprint density at radius 2 is 2.07 bits per heavy atom. The topological polar surface area (TPSA) is 102 Å². The number of aliphatic imine (C=N–C) groups is 1. The van der Waals surface area contributed by atoms with Crippen molar-refractivity contribution in [2.45, 2.75) is 32.7 Å². The predicted molar refractivity (Wildman–Crippen MR) is 112 cm³/mol. The Morgan fingerprint density at radius 1 is 1.31 bits per heavy atom. The summed E-state index contributed by atoms with van der Waals surface area (Å²) < 4.78 is 19.6. The average Bonchev–Trinajstić information content (AvgIpc) is 2.68. The number of thioether (sulfide) groups is 1. The van der Waals surface area contributed by atoms with Gasteiger partial charge in [0.1, 0.15) is 11.5 Å². The van der Waals surface area contributed by atoms with Crippen molar-refractivity contribution < 1.29 is 13.9 Å². The van der Waals surface area contributed by atoms with Gasteiger partial charge in [-0.05, 0) is 43.9 Å². The van der Waals surface area contributed by atoms with Gasteiger partial charge in [-0.2, -0.15) is 0 Å². The maximum atomic E-state index is 14.7. The number of anilines is 1. The Balaban J connectivity index is 1.90. The average molecular weight is 415 g/mol. The summed E-state index contributed by atoms with van der Waals surface area (Å²) in [6.07, 6.45) is 3.19. The number of nitrogens with zero attached hydrogens (tertiary/aromatic N) is 3. The molecule has 2 aromatic rings. The molecule has 29 heavy (non-hydrogen) atoms. The molecule has 1 aliphatic heterocycles. The fourth-order valence-electron chi connectivity index (χ4n) is 2.96. The predicted octanol–water partition coefficient (Wildman–Crippen LogP) is 3.84. The van der Waals surface area contributed by atoms with E-state index in [-0.39, 0.29) is 5.69 Å². The van der Waals surface area contributed by atoms with Gasteiger partial charge in [-0.3, -0.25) is 9.79 Å². The zero-order chi connectivity index (χ0) is 21.2. The van der Waals surface area contributed by atoms with Crippen molar-refractivity contribution in [3.05, 3.63) is 58.1 Å². The first kappa shape index (κ1) is 20.8. The number of ether oxygens (including phenoxy) is 1. The molecule has 152 valence electrons. The molecule has 0 fully saturated rings. The van der Waals surface area contributed by atoms with Gasteiger partial charge in [-0.15, -0.1) is 0 Å². The smallest absolute Gasteiger partial charge is 0.275 e. The van der Waals surface area contributed by atoms with Crippen LogP contribution >= 0.6 is 11.8 Å². The highest BCUT2D eigenvalue weighted by atomic mass is 32.2. The van der Waals surface area contributed by atoms with Crippen LogP contribution in [0.25, 0.3) is 0 Å². The highest BCUT2D eigenvalue weighted by Crippen LogP contribution is 2.43. The van der Waals surface area contributed by atoms with Crippen LogP contribution in [0.3, 0.4) is 0 Å². The normalized spacial score (nSPS) is 18.8. The summed E-state index contributed by atoms with van der Waals surface area (Å²) in [5.41, 5.74) is 7.15. The van der Waals surface area contributed by atoms with Gasteiger partial charge >= 0.3 is 0 Å². The lowest BCUT2D eigenvalue weighted by Gasteiger charge is -2.32. The molecule has 0 radical (unpaired) electrons. The van der Waals surface area contributed by atoms with Crippen LogP contribution in [0, 0.1) is 5.82 Å². The molecule has 3 rings (SSSR count). The number of hydrogen-bond acceptors (Lipinski definition) is 7. The molecule has 0 unspecified atom stereocenters. The molecule has 7 nitrogen and oxygen atoms in total. The van der Waals surface area contributed by atoms with E-state index in [0.717, 1.165) is 10.5 Å². The fourth-order valence-corrected chi connectivity index (χ4v) is 4.02. The van der Waals surface area contributed by atoms with E-state index >= 15 is 0 Å². The van der Waals surface area contributed by atoms with Gasteiger partial charge < -0.3 is 15.8 Å². The van der Waals surface area contributed by atoms with Gasteiger partial charge in [-0.1, -0.05) is 17.3 Å². The summed E-state index contributed by atoms with van der Waals surface area (Å²) in [6, 6.07) is 4.38. The number of nitrogens with two attached hydrogens (primary N) is 1. The van der Waals surface area contributed by atoms with Crippen molar-refractivity contribution in [2.24, 2.45) is 10.7 Å². The Morgan fingerprint density at radius 3 is 2.69 bits per heavy atom. The molecule has 1 aromatic carbocycles. The third-order valence-corrected chi connectivity index (χ3v) is 5.62. The number of aromatic nitrogens is 2. The van der Waals surface area contributed by atoms with Crippen molar-refractivity contribution >= 4 is 28.5 Å². The van der Waals surface area contributed by atoms with Crippen LogP contribution < -0.4 is 15.8 Å². The molecular weight excluding hydrogens is 393 g/mol. The number of benzene rings is 1. The number of methoxy groups -OCH3 is 1. The number of carbonyl (C=O) groups is 1. The second kappa shape index (κ2) is 8.20. The first-order chi connectivity index (χ1) is 13.7. The lowest BCUT2D eigenvalue weighted by molar-refractivity contribution is 0.102. The van der Waals surface area contributed by atoms with Crippen LogP contribution in [0.5, 0.6) is 5.88 Å². The van der Waals surface area contributed by atoms with Crippen LogP contribution in [0.4, 0.5) is 10.1 Å². The molecule has 1 aromatic heterocycles. The molecule has 9 heteroatoms. The van der Waals surface area contributed by atoms with Crippen molar-refractivity contribution in [3.8, 4) is 5.88 Å². The summed E-state index contributed by atoms with van der Waals surface area (Å²) >= 11 is 1.40. The molecular formula is C20H22FN5O2S. The van der Waals surface area contributed by atoms with Crippen LogP contribution in [-0.4, -0.2) is 28.2 Å². The van der Waals surface area contributed by atoms with E-state index in [0.29, 0.717) is 28.7 Å². The van der Waals surface area contributed by atoms with Gasteiger partial charge in [0.15, 0.2) is 5.17 Å². The minimum Gasteiger partial charge on any atom is -0.480 e. The summed E-state index contributed by atoms with van der Waals surface area (Å²) in [5.74, 6) is -0.569. The van der Waals surface area contributed by atoms with E-state index in [1.165, 1.54) is 43.4 Å². The number of amides is 1. The van der Waals surface area contributed by atoms with E-state index in [9.17, 15) is 9.18 Å². The molecule has 0 saturated heterocycles. The lowest BCUT2D eigenvalue weighted by Crippen LogP contribution is -2.29. The minimum atomic E-state index is -0.868. The molecule has 0 saturated carbocycles. The maximum absolute atomic E-state index is 14.7. The number of carbonyl (C=O) groups excluding carboxylic acids is 1. The molecule has 1 atom stereocenters. The van der Waals surface area contributed by atoms with Gasteiger partial charge in [0.2, 0.25) is 5.88 Å². The summed E-state index contributed by atoms with van der Waals surface area (Å²) in [5, 5.41) is 3.11. The van der Waals surface area contributed by atoms with Gasteiger partial charge in [0.25, 0.3) is 5.91 Å². The quantitative estimate of drug-likeness (QED) is 0.787. The molecule has 1 aliphatic rings. The van der Waals surface area contributed by atoms with Gasteiger partial charge in [-0.25, -0.2) is 14.4 Å². The van der Waals surface area contributed by atoms with Crippen molar-refractivity contribution in [3.63, 3.8) is 0 Å². The molecule has 2 heterocycles. The largest absolute Gasteiger partial charge is 0.480 e. The highest BCUT2D eigenvalue weighted by molar-refractivity contribution is 8.17. The molecule has 0 aliphatic carbocycles. The number of allylic oxidation sites excluding steroid dienone is 1. The number of amidine groups is 1. The molecule has 0 bridgehead atoms. The van der Waals surface area contributed by atoms with E-state index in [1.54, 1.807) is 6.07 Å². The van der Waals surface area contributed by atoms with Gasteiger partial charge in [0.05, 0.1) is 25.0 Å². The lowest BCUT2D eigenvalue weighted by atomic mass is 9.87. The summed E-state index contributed by atoms with van der Waals surface area (Å²) in [4.78, 5) is 26.0. The van der Waals surface area contributed by atoms with E-state index in [4.69, 9.17) is 10.5 Å². The number of nitrogens with one attached hydrogen (secondary N) is 1. The second-order valence-corrected chi connectivity index (χ2v) is 8.13. The minimum absolute atomic E-state index is 0.117. The van der Waals surface area contributed by atoms with Crippen LogP contribution in [0.1, 0.15) is 43.2 Å². The van der Waals surface area contributed by atoms with E-state index in [2.05, 4.69) is 20.3 Å². The standard InChI is InChI=1S/C20H22FN5O2S/c1-11(2)16-8-20(3,26-19(22)29-16)13-7-12(5-6-14(13)21)25-18(27)15-9-24-17(28-4)10-23-15/h5-7,9-10H,8H2,1-4H3,(H2,22,26)(H,25,27)/t20-/m0/s1. The zero-order valence-corrected chi connectivity index (χ0v) is 17.4. The highest BCUT2D eigenvalue weighted by Gasteiger charge is 2.35. The van der Waals surface area contributed by atoms with Crippen molar-refractivity contribution in [2.75, 3.05) is 12.4 Å². The summed E-state index contributed by atoms with van der Waals surface area (Å²) in [6.45, 7) is 5.82. The molecule has 1 amide bonds. The second-order valence-electron chi connectivity index (χ2n) is 7.02. The molecule has 3 N–H and O–H groups in total. The Hall–Kier alpha value is -2.94. The fraction of sp³-hybridized carbons (Fsp3) is 0.300. The SMILES string of the molecule is COc1cnc(C(=O)Nc2ccc(F)c([C@]3(C)CC(=C(C)C)SC(N)=N3)c2)cn1.